The third-order valence-corrected chi connectivity index (χ3v) is 9.54. The van der Waals surface area contributed by atoms with Crippen LogP contribution >= 0.6 is 11.6 Å². The summed E-state index contributed by atoms with van der Waals surface area (Å²) in [6.07, 6.45) is 11.3. The number of fused-ring (bicyclic) bond motifs is 5. The second kappa shape index (κ2) is 6.97. The van der Waals surface area contributed by atoms with Crippen molar-refractivity contribution in [2.75, 3.05) is 0 Å². The van der Waals surface area contributed by atoms with Gasteiger partial charge in [-0.05, 0) is 85.3 Å². The number of aliphatic hydroxyl groups is 2. The molecule has 0 spiro atoms. The van der Waals surface area contributed by atoms with E-state index in [0.29, 0.717) is 17.8 Å². The monoisotopic (exact) mass is 412 g/mol. The molecule has 3 heteroatoms. The molecule has 0 aliphatic heterocycles. The van der Waals surface area contributed by atoms with Crippen LogP contribution in [0, 0.1) is 28.6 Å². The summed E-state index contributed by atoms with van der Waals surface area (Å²) in [5.74, 6) is 1.83. The quantitative estimate of drug-likeness (QED) is 0.554. The molecule has 0 bridgehead atoms. The first-order chi connectivity index (χ1) is 13.8. The van der Waals surface area contributed by atoms with Crippen molar-refractivity contribution in [3.05, 3.63) is 52.1 Å². The lowest BCUT2D eigenvalue weighted by Gasteiger charge is -2.57. The zero-order chi connectivity index (χ0) is 20.4. The van der Waals surface area contributed by atoms with E-state index in [9.17, 15) is 10.2 Å². The van der Waals surface area contributed by atoms with Gasteiger partial charge in [-0.2, -0.15) is 0 Å². The third kappa shape index (κ3) is 2.98. The molecule has 0 saturated heterocycles. The van der Waals surface area contributed by atoms with Crippen molar-refractivity contribution < 1.29 is 10.2 Å². The van der Waals surface area contributed by atoms with Gasteiger partial charge in [0, 0.05) is 10.4 Å². The highest BCUT2D eigenvalue weighted by atomic mass is 35.5. The lowest BCUT2D eigenvalue weighted by atomic mass is 9.48. The van der Waals surface area contributed by atoms with Crippen LogP contribution in [0.4, 0.5) is 0 Å². The molecule has 0 aromatic heterocycles. The smallest absolute Gasteiger partial charge is 0.0809 e. The molecule has 4 aliphatic carbocycles. The van der Waals surface area contributed by atoms with Gasteiger partial charge in [0.1, 0.15) is 0 Å². The van der Waals surface area contributed by atoms with E-state index in [1.807, 2.05) is 24.3 Å². The Kier molecular flexibility index (Phi) is 4.77. The molecule has 1 aromatic rings. The fraction of sp³-hybridized carbons (Fsp3) is 0.615. The minimum Gasteiger partial charge on any atom is -0.393 e. The molecule has 3 saturated carbocycles. The molecule has 2 nitrogen and oxygen atoms in total. The maximum atomic E-state index is 11.4. The van der Waals surface area contributed by atoms with Crippen LogP contribution in [0.15, 0.2) is 41.5 Å². The largest absolute Gasteiger partial charge is 0.393 e. The maximum Gasteiger partial charge on any atom is 0.0809 e. The van der Waals surface area contributed by atoms with Crippen molar-refractivity contribution in [1.29, 1.82) is 0 Å². The summed E-state index contributed by atoms with van der Waals surface area (Å²) >= 11 is 6.40. The van der Waals surface area contributed by atoms with E-state index in [4.69, 9.17) is 11.6 Å². The SMILES string of the molecule is C[C@@]12CC[C@H]3[C@@H](CC=C4C[C@H](O)CC[C@]43C)[C@H]1C/C(=C\c1ccccc1Cl)[C@@H]2O. The fourth-order valence-corrected chi connectivity index (χ4v) is 7.62. The van der Waals surface area contributed by atoms with E-state index in [0.717, 1.165) is 54.7 Å². The predicted molar refractivity (Wildman–Crippen MR) is 119 cm³/mol. The van der Waals surface area contributed by atoms with Crippen LogP contribution in [0.3, 0.4) is 0 Å². The molecule has 2 N–H and O–H groups in total. The number of halogens is 1. The fourth-order valence-electron chi connectivity index (χ4n) is 7.43. The summed E-state index contributed by atoms with van der Waals surface area (Å²) in [7, 11) is 0. The molecule has 156 valence electrons. The molecule has 0 amide bonds. The first-order valence-corrected chi connectivity index (χ1v) is 11.7. The highest BCUT2D eigenvalue weighted by Crippen LogP contribution is 2.65. The zero-order valence-corrected chi connectivity index (χ0v) is 18.3. The summed E-state index contributed by atoms with van der Waals surface area (Å²) in [5, 5.41) is 22.3. The van der Waals surface area contributed by atoms with Crippen molar-refractivity contribution in [3.8, 4) is 0 Å². The standard InChI is InChI=1S/C26H33ClO2/c1-25-11-9-19(28)15-18(25)7-8-20-21(25)10-12-26(2)22(20)14-17(24(26)29)13-16-5-3-4-6-23(16)27/h3-7,13,19-22,24,28-29H,8-12,14-15H2,1-2H3/b17-13+/t19-,20-,21+,22-,24+,25-,26-/m1/s1. The number of allylic oxidation sites excluding steroid dienone is 1. The molecule has 3 fully saturated rings. The number of rotatable bonds is 1. The first kappa shape index (κ1) is 19.8. The Bertz CT molecular complexity index is 873. The van der Waals surface area contributed by atoms with Crippen LogP contribution in [0.2, 0.25) is 5.02 Å². The highest BCUT2D eigenvalue weighted by molar-refractivity contribution is 6.32. The van der Waals surface area contributed by atoms with E-state index in [1.165, 1.54) is 12.0 Å². The summed E-state index contributed by atoms with van der Waals surface area (Å²) in [5.41, 5.74) is 3.88. The number of hydrogen-bond acceptors (Lipinski definition) is 2. The molecule has 1 aromatic carbocycles. The molecule has 0 unspecified atom stereocenters. The molecule has 7 atom stereocenters. The lowest BCUT2D eigenvalue weighted by Crippen LogP contribution is -2.51. The van der Waals surface area contributed by atoms with Gasteiger partial charge in [-0.25, -0.2) is 0 Å². The Balaban J connectivity index is 1.48. The second-order valence-corrected chi connectivity index (χ2v) is 11.0. The normalized spacial score (nSPS) is 45.3. The summed E-state index contributed by atoms with van der Waals surface area (Å²) < 4.78 is 0. The maximum absolute atomic E-state index is 11.4. The van der Waals surface area contributed by atoms with Gasteiger partial charge >= 0.3 is 0 Å². The van der Waals surface area contributed by atoms with Gasteiger partial charge in [0.25, 0.3) is 0 Å². The minimum atomic E-state index is -0.379. The van der Waals surface area contributed by atoms with Gasteiger partial charge in [-0.3, -0.25) is 0 Å². The van der Waals surface area contributed by atoms with Crippen LogP contribution in [0.25, 0.3) is 6.08 Å². The van der Waals surface area contributed by atoms with Crippen LogP contribution < -0.4 is 0 Å². The molecular weight excluding hydrogens is 380 g/mol. The topological polar surface area (TPSA) is 40.5 Å². The Hall–Kier alpha value is -1.09. The number of benzene rings is 1. The van der Waals surface area contributed by atoms with Crippen LogP contribution in [-0.2, 0) is 0 Å². The second-order valence-electron chi connectivity index (χ2n) is 10.5. The number of hydrogen-bond donors (Lipinski definition) is 2. The van der Waals surface area contributed by atoms with Crippen molar-refractivity contribution in [1.82, 2.24) is 0 Å². The van der Waals surface area contributed by atoms with Crippen LogP contribution in [0.1, 0.15) is 64.4 Å². The van der Waals surface area contributed by atoms with E-state index in [-0.39, 0.29) is 23.0 Å². The molecule has 4 aliphatic rings. The molecular formula is C26H33ClO2. The zero-order valence-electron chi connectivity index (χ0n) is 17.6. The van der Waals surface area contributed by atoms with Gasteiger partial charge in [-0.1, -0.05) is 61.4 Å². The third-order valence-electron chi connectivity index (χ3n) is 9.19. The van der Waals surface area contributed by atoms with Crippen molar-refractivity contribution in [2.45, 2.75) is 71.0 Å². The Morgan fingerprint density at radius 2 is 1.83 bits per heavy atom. The first-order valence-electron chi connectivity index (χ1n) is 11.3. The lowest BCUT2D eigenvalue weighted by molar-refractivity contribution is -0.0685. The summed E-state index contributed by atoms with van der Waals surface area (Å²) in [6.45, 7) is 4.77. The van der Waals surface area contributed by atoms with Gasteiger partial charge in [0.2, 0.25) is 0 Å². The van der Waals surface area contributed by atoms with Gasteiger partial charge in [0.05, 0.1) is 12.2 Å². The van der Waals surface area contributed by atoms with Crippen LogP contribution in [-0.4, -0.2) is 22.4 Å². The summed E-state index contributed by atoms with van der Waals surface area (Å²) in [4.78, 5) is 0. The summed E-state index contributed by atoms with van der Waals surface area (Å²) in [6, 6.07) is 7.93. The molecule has 0 heterocycles. The van der Waals surface area contributed by atoms with Gasteiger partial charge in [-0.15, -0.1) is 0 Å². The molecule has 0 radical (unpaired) electrons. The van der Waals surface area contributed by atoms with Gasteiger partial charge in [0.15, 0.2) is 0 Å². The number of aliphatic hydroxyl groups excluding tert-OH is 2. The minimum absolute atomic E-state index is 0.0376. The van der Waals surface area contributed by atoms with Crippen molar-refractivity contribution >= 4 is 17.7 Å². The average molecular weight is 413 g/mol. The molecule has 5 rings (SSSR count). The van der Waals surface area contributed by atoms with E-state index in [2.05, 4.69) is 26.0 Å². The van der Waals surface area contributed by atoms with E-state index >= 15 is 0 Å². The Morgan fingerprint density at radius 3 is 2.62 bits per heavy atom. The predicted octanol–water partition coefficient (Wildman–Crippen LogP) is 6.02. The van der Waals surface area contributed by atoms with E-state index in [1.54, 1.807) is 0 Å². The average Bonchev–Trinajstić information content (AvgIpc) is 2.95. The molecule has 29 heavy (non-hydrogen) atoms. The van der Waals surface area contributed by atoms with Gasteiger partial charge < -0.3 is 10.2 Å². The van der Waals surface area contributed by atoms with Crippen molar-refractivity contribution in [3.63, 3.8) is 0 Å². The van der Waals surface area contributed by atoms with Crippen molar-refractivity contribution in [2.24, 2.45) is 28.6 Å². The van der Waals surface area contributed by atoms with E-state index < -0.39 is 0 Å². The highest BCUT2D eigenvalue weighted by Gasteiger charge is 2.59. The van der Waals surface area contributed by atoms with Crippen LogP contribution in [0.5, 0.6) is 0 Å². The Labute approximate surface area is 179 Å². The Morgan fingerprint density at radius 1 is 1.03 bits per heavy atom.